The maximum Gasteiger partial charge on any atom is 0.297 e. The molecule has 0 unspecified atom stereocenters. The number of fused-ring (bicyclic) bond motifs is 1. The summed E-state index contributed by atoms with van der Waals surface area (Å²) in [4.78, 5) is 21.2. The fourth-order valence-corrected chi connectivity index (χ4v) is 5.71. The van der Waals surface area contributed by atoms with Crippen LogP contribution < -0.4 is 22.1 Å². The number of nitrogen functional groups attached to an aromatic ring is 2. The van der Waals surface area contributed by atoms with Crippen LogP contribution in [0.5, 0.6) is 0 Å². The molecule has 0 aliphatic heterocycles. The average molecular weight is 612 g/mol. The second kappa shape index (κ2) is 9.93. The van der Waals surface area contributed by atoms with Gasteiger partial charge in [0.15, 0.2) is 0 Å². The van der Waals surface area contributed by atoms with Crippen molar-refractivity contribution in [2.24, 2.45) is 0 Å². The molecule has 4 rings (SSSR count). The number of rotatable bonds is 7. The molecule has 9 N–H and O–H groups in total. The fraction of sp³-hybridized carbons (Fsp3) is 0. The second-order valence-corrected chi connectivity index (χ2v) is 12.1. The highest BCUT2D eigenvalue weighted by atomic mass is 32.2. The van der Waals surface area contributed by atoms with Crippen LogP contribution in [0.2, 0.25) is 0 Å². The Balaban J connectivity index is 1.79. The molecule has 0 aliphatic rings. The van der Waals surface area contributed by atoms with E-state index in [4.69, 9.17) is 11.5 Å². The van der Waals surface area contributed by atoms with Gasteiger partial charge in [-0.1, -0.05) is 6.07 Å². The van der Waals surface area contributed by atoms with Gasteiger partial charge in [-0.15, -0.1) is 0 Å². The van der Waals surface area contributed by atoms with Crippen LogP contribution in [0.4, 0.5) is 29.2 Å². The van der Waals surface area contributed by atoms with Gasteiger partial charge in [-0.2, -0.15) is 40.2 Å². The molecule has 0 spiro atoms. The number of nitrogens with zero attached hydrogens (tertiary/aromatic N) is 3. The van der Waals surface area contributed by atoms with Gasteiger partial charge in [-0.25, -0.2) is 0 Å². The Morgan fingerprint density at radius 3 is 1.88 bits per heavy atom. The van der Waals surface area contributed by atoms with Crippen LogP contribution in [0.1, 0.15) is 10.4 Å². The molecule has 1 heterocycles. The summed E-state index contributed by atoms with van der Waals surface area (Å²) in [5.74, 6) is -1.38. The minimum absolute atomic E-state index is 0.00823. The lowest BCUT2D eigenvalue weighted by Crippen LogP contribution is -2.18. The molecule has 4 aromatic rings. The van der Waals surface area contributed by atoms with Gasteiger partial charge < -0.3 is 22.1 Å². The fourth-order valence-electron chi connectivity index (χ4n) is 3.56. The third kappa shape index (κ3) is 6.06. The lowest BCUT2D eigenvalue weighted by atomic mass is 10.1. The van der Waals surface area contributed by atoms with Gasteiger partial charge in [0.05, 0.1) is 10.6 Å². The van der Waals surface area contributed by atoms with E-state index in [0.29, 0.717) is 17.8 Å². The number of amides is 1. The number of hydrogen-bond donors (Lipinski definition) is 7. The smallest absolute Gasteiger partial charge is 0.297 e. The topological polar surface area (TPSA) is 295 Å². The number of carbonyl (C=O) groups excluding carboxylic acids is 1. The van der Waals surface area contributed by atoms with E-state index in [2.05, 4.69) is 25.6 Å². The number of aromatic nitrogens is 3. The molecule has 17 nitrogen and oxygen atoms in total. The van der Waals surface area contributed by atoms with Crippen molar-refractivity contribution in [3.63, 3.8) is 0 Å². The summed E-state index contributed by atoms with van der Waals surface area (Å²) in [6.07, 6.45) is 0. The van der Waals surface area contributed by atoms with Crippen molar-refractivity contribution >= 4 is 76.3 Å². The Labute approximate surface area is 225 Å². The van der Waals surface area contributed by atoms with Crippen LogP contribution in [0, 0.1) is 0 Å². The van der Waals surface area contributed by atoms with E-state index in [-0.39, 0.29) is 23.4 Å². The van der Waals surface area contributed by atoms with Crippen molar-refractivity contribution < 1.29 is 43.7 Å². The second-order valence-electron chi connectivity index (χ2n) is 7.92. The van der Waals surface area contributed by atoms with Gasteiger partial charge in [0, 0.05) is 16.6 Å². The van der Waals surface area contributed by atoms with Gasteiger partial charge in [0.2, 0.25) is 17.8 Å². The first-order chi connectivity index (χ1) is 18.4. The van der Waals surface area contributed by atoms with Crippen molar-refractivity contribution in [1.82, 2.24) is 15.0 Å². The number of benzene rings is 3. The van der Waals surface area contributed by atoms with Crippen molar-refractivity contribution in [2.45, 2.75) is 14.7 Å². The standard InChI is InChI=1S/C20H17N7O10S3/c21-18-25-19(22)27-20(26-18)23-11-3-1-9(2-4-11)17(28)24-15-14(39(32,33)34)8-10-7-12(38(29,30)31)5-6-13(10)16(15)40(35,36)37/h1-8H,(H,24,28)(H,29,30,31)(H,32,33,34)(H,35,36,37)(H5,21,22,23,25,26,27). The van der Waals surface area contributed by atoms with E-state index in [0.717, 1.165) is 12.1 Å². The molecule has 0 bridgehead atoms. The molecule has 20 heteroatoms. The maximum absolute atomic E-state index is 13.0. The first-order valence-electron chi connectivity index (χ1n) is 10.4. The average Bonchev–Trinajstić information content (AvgIpc) is 2.81. The molecule has 0 saturated carbocycles. The molecule has 0 saturated heterocycles. The molecular weight excluding hydrogens is 594 g/mol. The number of hydrogen-bond acceptors (Lipinski definition) is 13. The summed E-state index contributed by atoms with van der Waals surface area (Å²) in [5.41, 5.74) is 10.2. The minimum Gasteiger partial charge on any atom is -0.368 e. The summed E-state index contributed by atoms with van der Waals surface area (Å²) >= 11 is 0. The zero-order valence-corrected chi connectivity index (χ0v) is 22.0. The monoisotopic (exact) mass is 611 g/mol. The molecule has 3 aromatic carbocycles. The van der Waals surface area contributed by atoms with Crippen molar-refractivity contribution in [2.75, 3.05) is 22.1 Å². The lowest BCUT2D eigenvalue weighted by Gasteiger charge is -2.16. The summed E-state index contributed by atoms with van der Waals surface area (Å²) in [5, 5.41) is 3.95. The van der Waals surface area contributed by atoms with Crippen LogP contribution in [-0.4, -0.2) is 59.8 Å². The highest BCUT2D eigenvalue weighted by Crippen LogP contribution is 2.37. The van der Waals surface area contributed by atoms with Crippen LogP contribution in [0.15, 0.2) is 63.2 Å². The molecule has 1 aromatic heterocycles. The normalized spacial score (nSPS) is 12.3. The van der Waals surface area contributed by atoms with Crippen molar-refractivity contribution in [3.05, 3.63) is 54.1 Å². The van der Waals surface area contributed by atoms with Gasteiger partial charge in [-0.3, -0.25) is 18.5 Å². The van der Waals surface area contributed by atoms with E-state index in [1.54, 1.807) is 0 Å². The molecular formula is C20H17N7O10S3. The Morgan fingerprint density at radius 1 is 0.750 bits per heavy atom. The van der Waals surface area contributed by atoms with Gasteiger partial charge in [0.25, 0.3) is 36.3 Å². The Morgan fingerprint density at radius 2 is 1.35 bits per heavy atom. The Bertz CT molecular complexity index is 2000. The lowest BCUT2D eigenvalue weighted by molar-refractivity contribution is 0.102. The quantitative estimate of drug-likeness (QED) is 0.143. The SMILES string of the molecule is Nc1nc(N)nc(Nc2ccc(C(=O)Nc3c(S(=O)(=O)O)cc4cc(S(=O)(=O)O)ccc4c3S(=O)(=O)O)cc2)n1. The van der Waals surface area contributed by atoms with E-state index in [1.807, 2.05) is 0 Å². The summed E-state index contributed by atoms with van der Waals surface area (Å²) in [6.45, 7) is 0. The maximum atomic E-state index is 13.0. The molecule has 40 heavy (non-hydrogen) atoms. The number of anilines is 5. The zero-order valence-electron chi connectivity index (χ0n) is 19.5. The first-order valence-corrected chi connectivity index (χ1v) is 14.7. The summed E-state index contributed by atoms with van der Waals surface area (Å²) in [6, 6.07) is 8.22. The molecule has 1 amide bonds. The van der Waals surface area contributed by atoms with Crippen LogP contribution in [0.3, 0.4) is 0 Å². The zero-order chi connectivity index (χ0) is 29.6. The molecule has 0 fully saturated rings. The molecule has 0 radical (unpaired) electrons. The van der Waals surface area contributed by atoms with Gasteiger partial charge in [0.1, 0.15) is 9.79 Å². The molecule has 210 valence electrons. The highest BCUT2D eigenvalue weighted by molar-refractivity contribution is 7.87. The predicted octanol–water partition coefficient (Wildman–Crippen LogP) is 0.925. The van der Waals surface area contributed by atoms with Crippen molar-refractivity contribution in [1.29, 1.82) is 0 Å². The van der Waals surface area contributed by atoms with Crippen LogP contribution in [0.25, 0.3) is 10.8 Å². The number of carbonyl (C=O) groups is 1. The Kier molecular flexibility index (Phi) is 7.08. The van der Waals surface area contributed by atoms with Crippen molar-refractivity contribution in [3.8, 4) is 0 Å². The van der Waals surface area contributed by atoms with Crippen LogP contribution >= 0.6 is 0 Å². The highest BCUT2D eigenvalue weighted by Gasteiger charge is 2.30. The predicted molar refractivity (Wildman–Crippen MR) is 140 cm³/mol. The third-order valence-electron chi connectivity index (χ3n) is 5.17. The van der Waals surface area contributed by atoms with E-state index in [1.165, 1.54) is 24.3 Å². The van der Waals surface area contributed by atoms with Crippen LogP contribution in [-0.2, 0) is 30.4 Å². The largest absolute Gasteiger partial charge is 0.368 e. The summed E-state index contributed by atoms with van der Waals surface area (Å²) in [7, 11) is -15.4. The molecule has 0 atom stereocenters. The summed E-state index contributed by atoms with van der Waals surface area (Å²) < 4.78 is 101. The van der Waals surface area contributed by atoms with E-state index < -0.39 is 67.4 Å². The number of nitrogens with two attached hydrogens (primary N) is 2. The third-order valence-corrected chi connectivity index (χ3v) is 7.84. The van der Waals surface area contributed by atoms with Gasteiger partial charge in [-0.05, 0) is 47.9 Å². The minimum atomic E-state index is -5.32. The van der Waals surface area contributed by atoms with E-state index >= 15 is 0 Å². The Hall–Kier alpha value is -4.47. The van der Waals surface area contributed by atoms with E-state index in [9.17, 15) is 43.7 Å². The number of nitrogens with one attached hydrogen (secondary N) is 2. The van der Waals surface area contributed by atoms with Gasteiger partial charge >= 0.3 is 0 Å². The molecule has 0 aliphatic carbocycles. The first kappa shape index (κ1) is 28.5.